The van der Waals surface area contributed by atoms with E-state index in [0.717, 1.165) is 18.4 Å². The van der Waals surface area contributed by atoms with Crippen LogP contribution in [-0.4, -0.2) is 23.3 Å². The lowest BCUT2D eigenvalue weighted by atomic mass is 9.77. The molecule has 3 fully saturated rings. The van der Waals surface area contributed by atoms with Gasteiger partial charge < -0.3 is 10.4 Å². The second kappa shape index (κ2) is 2.61. The van der Waals surface area contributed by atoms with E-state index in [1.807, 2.05) is 0 Å². The van der Waals surface area contributed by atoms with Crippen molar-refractivity contribution < 1.29 is 5.11 Å². The zero-order chi connectivity index (χ0) is 9.92. The minimum atomic E-state index is -0.531. The summed E-state index contributed by atoms with van der Waals surface area (Å²) in [6, 6.07) is 0.348. The lowest BCUT2D eigenvalue weighted by Gasteiger charge is -2.35. The molecule has 2 saturated carbocycles. The molecule has 0 aromatic rings. The van der Waals surface area contributed by atoms with Crippen LogP contribution in [0.1, 0.15) is 26.7 Å². The standard InChI is InChI=1S/C12H19NO/c1-7(2)5-12(14)9-3-8-6-13-11(12)10(8)4-9/h5,8-11,13-14H,3-4,6H2,1-2H3. The molecular weight excluding hydrogens is 174 g/mol. The van der Waals surface area contributed by atoms with Crippen molar-refractivity contribution in [1.82, 2.24) is 5.32 Å². The van der Waals surface area contributed by atoms with Crippen molar-refractivity contribution in [2.45, 2.75) is 38.3 Å². The van der Waals surface area contributed by atoms with Crippen molar-refractivity contribution in [2.75, 3.05) is 6.54 Å². The smallest absolute Gasteiger partial charge is 0.101 e. The Morgan fingerprint density at radius 2 is 2.21 bits per heavy atom. The van der Waals surface area contributed by atoms with Crippen LogP contribution in [0, 0.1) is 17.8 Å². The Balaban J connectivity index is 1.98. The van der Waals surface area contributed by atoms with Crippen molar-refractivity contribution >= 4 is 0 Å². The Morgan fingerprint density at radius 3 is 2.93 bits per heavy atom. The highest BCUT2D eigenvalue weighted by molar-refractivity contribution is 5.25. The van der Waals surface area contributed by atoms with Gasteiger partial charge in [0.1, 0.15) is 5.60 Å². The molecule has 0 aromatic carbocycles. The monoisotopic (exact) mass is 193 g/mol. The van der Waals surface area contributed by atoms with Crippen LogP contribution < -0.4 is 5.32 Å². The topological polar surface area (TPSA) is 32.3 Å². The predicted octanol–water partition coefficient (Wildman–Crippen LogP) is 1.31. The Morgan fingerprint density at radius 1 is 1.43 bits per heavy atom. The number of hydrogen-bond donors (Lipinski definition) is 2. The first kappa shape index (κ1) is 8.93. The second-order valence-corrected chi connectivity index (χ2v) is 5.59. The van der Waals surface area contributed by atoms with E-state index in [0.29, 0.717) is 12.0 Å². The number of aliphatic hydroxyl groups is 1. The number of hydrogen-bond acceptors (Lipinski definition) is 2. The van der Waals surface area contributed by atoms with Crippen LogP contribution in [-0.2, 0) is 0 Å². The summed E-state index contributed by atoms with van der Waals surface area (Å²) in [4.78, 5) is 0. The largest absolute Gasteiger partial charge is 0.384 e. The summed E-state index contributed by atoms with van der Waals surface area (Å²) in [7, 11) is 0. The Bertz CT molecular complexity index is 293. The lowest BCUT2D eigenvalue weighted by molar-refractivity contribution is 0.0132. The summed E-state index contributed by atoms with van der Waals surface area (Å²) in [6.07, 6.45) is 4.56. The fourth-order valence-corrected chi connectivity index (χ4v) is 4.04. The third-order valence-corrected chi connectivity index (χ3v) is 4.45. The van der Waals surface area contributed by atoms with Crippen LogP contribution in [0.25, 0.3) is 0 Å². The number of nitrogens with one attached hydrogen (secondary N) is 1. The van der Waals surface area contributed by atoms with Crippen LogP contribution in [0.2, 0.25) is 0 Å². The van der Waals surface area contributed by atoms with Crippen LogP contribution in [0.15, 0.2) is 11.6 Å². The third kappa shape index (κ3) is 0.934. The van der Waals surface area contributed by atoms with Crippen molar-refractivity contribution in [3.8, 4) is 0 Å². The molecule has 2 aliphatic carbocycles. The molecule has 1 saturated heterocycles. The number of allylic oxidation sites excluding steroid dienone is 1. The predicted molar refractivity (Wildman–Crippen MR) is 55.9 cm³/mol. The van der Waals surface area contributed by atoms with Gasteiger partial charge in [-0.1, -0.05) is 11.6 Å². The van der Waals surface area contributed by atoms with E-state index in [9.17, 15) is 5.11 Å². The molecule has 0 aromatic heterocycles. The maximum Gasteiger partial charge on any atom is 0.101 e. The highest BCUT2D eigenvalue weighted by atomic mass is 16.3. The van der Waals surface area contributed by atoms with E-state index in [2.05, 4.69) is 25.2 Å². The van der Waals surface area contributed by atoms with Crippen molar-refractivity contribution in [1.29, 1.82) is 0 Å². The maximum absolute atomic E-state index is 10.7. The van der Waals surface area contributed by atoms with Gasteiger partial charge in [0.05, 0.1) is 0 Å². The molecule has 3 aliphatic rings. The van der Waals surface area contributed by atoms with Crippen LogP contribution in [0.5, 0.6) is 0 Å². The van der Waals surface area contributed by atoms with Gasteiger partial charge in [-0.25, -0.2) is 0 Å². The van der Waals surface area contributed by atoms with Crippen LogP contribution in [0.4, 0.5) is 0 Å². The molecule has 78 valence electrons. The molecule has 14 heavy (non-hydrogen) atoms. The van der Waals surface area contributed by atoms with Gasteiger partial charge in [0.2, 0.25) is 0 Å². The average molecular weight is 193 g/mol. The van der Waals surface area contributed by atoms with Gasteiger partial charge in [-0.15, -0.1) is 0 Å². The lowest BCUT2D eigenvalue weighted by Crippen LogP contribution is -2.49. The zero-order valence-corrected chi connectivity index (χ0v) is 8.96. The molecule has 2 heteroatoms. The highest BCUT2D eigenvalue weighted by Crippen LogP contribution is 2.57. The van der Waals surface area contributed by atoms with Crippen molar-refractivity contribution in [3.63, 3.8) is 0 Å². The van der Waals surface area contributed by atoms with E-state index in [1.165, 1.54) is 18.4 Å². The quantitative estimate of drug-likeness (QED) is 0.615. The fourth-order valence-electron chi connectivity index (χ4n) is 4.04. The van der Waals surface area contributed by atoms with Gasteiger partial charge in [-0.2, -0.15) is 0 Å². The molecule has 2 nitrogen and oxygen atoms in total. The molecule has 2 bridgehead atoms. The maximum atomic E-state index is 10.7. The normalized spacial score (nSPS) is 53.9. The van der Waals surface area contributed by atoms with Crippen LogP contribution >= 0.6 is 0 Å². The number of fused-ring (bicyclic) bond motifs is 1. The SMILES string of the molecule is CC(C)=CC1(O)C2CC3CNC1C3C2. The first-order valence-electron chi connectivity index (χ1n) is 5.73. The third-order valence-electron chi connectivity index (χ3n) is 4.45. The summed E-state index contributed by atoms with van der Waals surface area (Å²) in [5.41, 5.74) is 0.710. The van der Waals surface area contributed by atoms with E-state index in [1.54, 1.807) is 0 Å². The molecule has 2 N–H and O–H groups in total. The molecule has 3 rings (SSSR count). The average Bonchev–Trinajstić information content (AvgIpc) is 2.60. The Labute approximate surface area is 85.4 Å². The molecule has 1 aliphatic heterocycles. The Kier molecular flexibility index (Phi) is 1.67. The molecule has 0 spiro atoms. The van der Waals surface area contributed by atoms with E-state index < -0.39 is 5.60 Å². The van der Waals surface area contributed by atoms with Gasteiger partial charge in [-0.05, 0) is 51.0 Å². The van der Waals surface area contributed by atoms with Gasteiger partial charge in [-0.3, -0.25) is 0 Å². The molecule has 1 heterocycles. The molecule has 0 amide bonds. The van der Waals surface area contributed by atoms with Gasteiger partial charge in [0, 0.05) is 6.04 Å². The Hall–Kier alpha value is -0.340. The van der Waals surface area contributed by atoms with Gasteiger partial charge in [0.15, 0.2) is 0 Å². The van der Waals surface area contributed by atoms with E-state index >= 15 is 0 Å². The van der Waals surface area contributed by atoms with E-state index in [-0.39, 0.29) is 0 Å². The van der Waals surface area contributed by atoms with Crippen molar-refractivity contribution in [2.24, 2.45) is 17.8 Å². The van der Waals surface area contributed by atoms with E-state index in [4.69, 9.17) is 0 Å². The van der Waals surface area contributed by atoms with Gasteiger partial charge in [0.25, 0.3) is 0 Å². The van der Waals surface area contributed by atoms with Crippen LogP contribution in [0.3, 0.4) is 0 Å². The molecule has 5 atom stereocenters. The molecular formula is C12H19NO. The van der Waals surface area contributed by atoms with Crippen molar-refractivity contribution in [3.05, 3.63) is 11.6 Å². The molecule has 0 radical (unpaired) electrons. The summed E-state index contributed by atoms with van der Waals surface area (Å²) < 4.78 is 0. The minimum absolute atomic E-state index is 0.348. The summed E-state index contributed by atoms with van der Waals surface area (Å²) >= 11 is 0. The summed E-state index contributed by atoms with van der Waals surface area (Å²) in [5.74, 6) is 2.13. The van der Waals surface area contributed by atoms with Gasteiger partial charge >= 0.3 is 0 Å². The summed E-state index contributed by atoms with van der Waals surface area (Å²) in [5, 5.41) is 14.2. The fraction of sp³-hybridized carbons (Fsp3) is 0.833. The molecule has 5 unspecified atom stereocenters. The zero-order valence-electron chi connectivity index (χ0n) is 8.96. The first-order valence-corrected chi connectivity index (χ1v) is 5.73. The second-order valence-electron chi connectivity index (χ2n) is 5.59. The minimum Gasteiger partial charge on any atom is -0.384 e. The number of rotatable bonds is 1. The highest BCUT2D eigenvalue weighted by Gasteiger charge is 2.62. The summed E-state index contributed by atoms with van der Waals surface area (Å²) in [6.45, 7) is 5.29. The first-order chi connectivity index (χ1) is 6.61.